The van der Waals surface area contributed by atoms with Gasteiger partial charge in [0.25, 0.3) is 5.91 Å². The van der Waals surface area contributed by atoms with E-state index in [4.69, 9.17) is 9.83 Å². The summed E-state index contributed by atoms with van der Waals surface area (Å²) in [4.78, 5) is 16.1. The van der Waals surface area contributed by atoms with Gasteiger partial charge < -0.3 is 9.73 Å². The molecule has 1 aliphatic rings. The first-order valence-electron chi connectivity index (χ1n) is 5.53. The third-order valence-electron chi connectivity index (χ3n) is 2.48. The molecule has 1 fully saturated rings. The van der Waals surface area contributed by atoms with E-state index in [0.29, 0.717) is 16.4 Å². The summed E-state index contributed by atoms with van der Waals surface area (Å²) >= 11 is 1.08. The summed E-state index contributed by atoms with van der Waals surface area (Å²) in [6.07, 6.45) is 3.31. The molecule has 0 saturated carbocycles. The summed E-state index contributed by atoms with van der Waals surface area (Å²) < 4.78 is 5.61. The van der Waals surface area contributed by atoms with Gasteiger partial charge in [-0.3, -0.25) is 15.2 Å². The Balaban J connectivity index is 1.89. The number of aromatic nitrogens is 1. The number of amidine groups is 1. The van der Waals surface area contributed by atoms with E-state index in [-0.39, 0.29) is 11.1 Å². The van der Waals surface area contributed by atoms with E-state index in [0.717, 1.165) is 17.5 Å². The molecule has 1 aliphatic heterocycles. The van der Waals surface area contributed by atoms with E-state index in [1.807, 2.05) is 18.2 Å². The molecule has 0 aromatic carbocycles. The fourth-order valence-electron chi connectivity index (χ4n) is 1.65. The number of rotatable bonds is 2. The molecule has 0 atom stereocenters. The summed E-state index contributed by atoms with van der Waals surface area (Å²) in [7, 11) is 0. The van der Waals surface area contributed by atoms with E-state index < -0.39 is 0 Å². The summed E-state index contributed by atoms with van der Waals surface area (Å²) in [5, 5.41) is 9.91. The predicted octanol–water partition coefficient (Wildman–Crippen LogP) is 2.48. The summed E-state index contributed by atoms with van der Waals surface area (Å²) in [6.45, 7) is 0. The van der Waals surface area contributed by atoms with Crippen molar-refractivity contribution in [1.29, 1.82) is 5.41 Å². The van der Waals surface area contributed by atoms with Crippen molar-refractivity contribution in [2.45, 2.75) is 0 Å². The zero-order chi connectivity index (χ0) is 13.2. The average molecular weight is 271 g/mol. The van der Waals surface area contributed by atoms with E-state index in [1.165, 1.54) is 0 Å². The van der Waals surface area contributed by atoms with Gasteiger partial charge in [-0.05, 0) is 36.0 Å². The number of amides is 1. The Kier molecular flexibility index (Phi) is 2.92. The van der Waals surface area contributed by atoms with E-state index in [2.05, 4.69) is 10.3 Å². The van der Waals surface area contributed by atoms with Crippen LogP contribution in [0.15, 0.2) is 45.9 Å². The minimum atomic E-state index is -0.272. The molecular formula is C13H9N3O2S. The van der Waals surface area contributed by atoms with Gasteiger partial charge in [0.05, 0.1) is 4.91 Å². The Bertz CT molecular complexity index is 676. The smallest absolute Gasteiger partial charge is 0.264 e. The highest BCUT2D eigenvalue weighted by Gasteiger charge is 2.22. The zero-order valence-electron chi connectivity index (χ0n) is 9.71. The van der Waals surface area contributed by atoms with Crippen LogP contribution in [0, 0.1) is 5.41 Å². The topological polar surface area (TPSA) is 79.0 Å². The Labute approximate surface area is 113 Å². The van der Waals surface area contributed by atoms with Crippen molar-refractivity contribution in [2.24, 2.45) is 0 Å². The highest BCUT2D eigenvalue weighted by atomic mass is 32.2. The molecule has 94 valence electrons. The number of carbonyl (C=O) groups excluding carboxylic acids is 1. The number of pyridine rings is 1. The second-order valence-corrected chi connectivity index (χ2v) is 4.86. The van der Waals surface area contributed by atoms with Crippen molar-refractivity contribution in [3.63, 3.8) is 0 Å². The fourth-order valence-corrected chi connectivity index (χ4v) is 2.33. The van der Waals surface area contributed by atoms with Crippen LogP contribution in [-0.4, -0.2) is 16.1 Å². The van der Waals surface area contributed by atoms with Crippen LogP contribution in [-0.2, 0) is 4.79 Å². The van der Waals surface area contributed by atoms with Crippen LogP contribution >= 0.6 is 11.8 Å². The Morgan fingerprint density at radius 1 is 1.32 bits per heavy atom. The Hall–Kier alpha value is -2.34. The molecule has 0 unspecified atom stereocenters. The van der Waals surface area contributed by atoms with Gasteiger partial charge in [0.15, 0.2) is 10.9 Å². The van der Waals surface area contributed by atoms with Gasteiger partial charge in [0, 0.05) is 12.3 Å². The number of carbonyl (C=O) groups is 1. The lowest BCUT2D eigenvalue weighted by Crippen LogP contribution is -2.18. The molecule has 0 aliphatic carbocycles. The largest absolute Gasteiger partial charge is 0.455 e. The van der Waals surface area contributed by atoms with Crippen molar-refractivity contribution >= 4 is 28.9 Å². The highest BCUT2D eigenvalue weighted by Crippen LogP contribution is 2.27. The maximum atomic E-state index is 11.5. The molecule has 5 nitrogen and oxygen atoms in total. The number of nitrogens with zero attached hydrogens (tertiary/aromatic N) is 1. The zero-order valence-corrected chi connectivity index (χ0v) is 10.5. The van der Waals surface area contributed by atoms with Crippen LogP contribution in [0.4, 0.5) is 0 Å². The first-order chi connectivity index (χ1) is 9.22. The molecular weight excluding hydrogens is 262 g/mol. The van der Waals surface area contributed by atoms with Crippen molar-refractivity contribution < 1.29 is 9.21 Å². The maximum Gasteiger partial charge on any atom is 0.264 e. The molecule has 6 heteroatoms. The first-order valence-corrected chi connectivity index (χ1v) is 6.35. The maximum absolute atomic E-state index is 11.5. The number of furan rings is 1. The number of hydrogen-bond acceptors (Lipinski definition) is 5. The lowest BCUT2D eigenvalue weighted by atomic mass is 10.3. The third-order valence-corrected chi connectivity index (χ3v) is 3.31. The van der Waals surface area contributed by atoms with Crippen LogP contribution in [0.5, 0.6) is 0 Å². The van der Waals surface area contributed by atoms with E-state index in [9.17, 15) is 4.79 Å². The molecule has 2 aromatic heterocycles. The van der Waals surface area contributed by atoms with Gasteiger partial charge in [-0.25, -0.2) is 0 Å². The van der Waals surface area contributed by atoms with Gasteiger partial charge in [-0.1, -0.05) is 6.07 Å². The molecule has 3 rings (SSSR count). The minimum absolute atomic E-state index is 0.132. The van der Waals surface area contributed by atoms with Crippen LogP contribution < -0.4 is 5.32 Å². The fraction of sp³-hybridized carbons (Fsp3) is 0. The van der Waals surface area contributed by atoms with E-state index in [1.54, 1.807) is 24.4 Å². The number of thioether (sulfide) groups is 1. The monoisotopic (exact) mass is 271 g/mol. The van der Waals surface area contributed by atoms with Crippen LogP contribution in [0.2, 0.25) is 0 Å². The lowest BCUT2D eigenvalue weighted by Gasteiger charge is -1.94. The second-order valence-electron chi connectivity index (χ2n) is 3.81. The molecule has 0 radical (unpaired) electrons. The summed E-state index contributed by atoms with van der Waals surface area (Å²) in [5.41, 5.74) is 0.739. The van der Waals surface area contributed by atoms with Crippen LogP contribution in [0.1, 0.15) is 5.76 Å². The Morgan fingerprint density at radius 2 is 2.21 bits per heavy atom. The lowest BCUT2D eigenvalue weighted by molar-refractivity contribution is -0.115. The number of hydrogen-bond donors (Lipinski definition) is 2. The highest BCUT2D eigenvalue weighted by molar-refractivity contribution is 8.18. The molecule has 3 heterocycles. The first kappa shape index (κ1) is 11.7. The van der Waals surface area contributed by atoms with Gasteiger partial charge in [-0.2, -0.15) is 0 Å². The molecule has 2 N–H and O–H groups in total. The standard InChI is InChI=1S/C13H9N3O2S/c14-13-16-12(17)11(19-13)7-8-4-5-10(18-8)9-3-1-2-6-15-9/h1-7H,(H2,14,16,17)/b11-7-. The predicted molar refractivity (Wildman–Crippen MR) is 73.4 cm³/mol. The second kappa shape index (κ2) is 4.74. The van der Waals surface area contributed by atoms with Crippen LogP contribution in [0.3, 0.4) is 0 Å². The summed E-state index contributed by atoms with van der Waals surface area (Å²) in [5.74, 6) is 0.935. The molecule has 1 saturated heterocycles. The van der Waals surface area contributed by atoms with Crippen molar-refractivity contribution in [2.75, 3.05) is 0 Å². The SMILES string of the molecule is N=C1NC(=O)/C(=C/c2ccc(-c3ccccn3)o2)S1. The minimum Gasteiger partial charge on any atom is -0.455 e. The molecule has 0 spiro atoms. The number of nitrogens with one attached hydrogen (secondary N) is 2. The molecule has 0 bridgehead atoms. The molecule has 19 heavy (non-hydrogen) atoms. The van der Waals surface area contributed by atoms with Gasteiger partial charge >= 0.3 is 0 Å². The Morgan fingerprint density at radius 3 is 2.89 bits per heavy atom. The normalized spacial score (nSPS) is 16.9. The van der Waals surface area contributed by atoms with Gasteiger partial charge in [-0.15, -0.1) is 0 Å². The third kappa shape index (κ3) is 2.43. The molecule has 1 amide bonds. The average Bonchev–Trinajstić information content (AvgIpc) is 2.99. The van der Waals surface area contributed by atoms with Gasteiger partial charge in [0.1, 0.15) is 11.5 Å². The van der Waals surface area contributed by atoms with Gasteiger partial charge in [0.2, 0.25) is 0 Å². The van der Waals surface area contributed by atoms with Crippen molar-refractivity contribution in [3.05, 3.63) is 47.2 Å². The van der Waals surface area contributed by atoms with Crippen molar-refractivity contribution in [3.8, 4) is 11.5 Å². The van der Waals surface area contributed by atoms with E-state index >= 15 is 0 Å². The summed E-state index contributed by atoms with van der Waals surface area (Å²) in [6, 6.07) is 9.14. The molecule has 2 aromatic rings. The quantitative estimate of drug-likeness (QED) is 0.822. The van der Waals surface area contributed by atoms with Crippen molar-refractivity contribution in [1.82, 2.24) is 10.3 Å². The van der Waals surface area contributed by atoms with Crippen LogP contribution in [0.25, 0.3) is 17.5 Å².